The summed E-state index contributed by atoms with van der Waals surface area (Å²) in [5.41, 5.74) is 2.28. The number of aromatic nitrogens is 2. The Hall–Kier alpha value is -1.02. The summed E-state index contributed by atoms with van der Waals surface area (Å²) in [6.07, 6.45) is 0. The predicted octanol–water partition coefficient (Wildman–Crippen LogP) is 2.54. The number of benzene rings is 1. The lowest BCUT2D eigenvalue weighted by atomic mass is 10.2. The maximum absolute atomic E-state index is 5.92. The molecule has 0 N–H and O–H groups in total. The minimum atomic E-state index is 0.580. The Kier molecular flexibility index (Phi) is 1.58. The summed E-state index contributed by atoms with van der Waals surface area (Å²) in [4.78, 5) is 0. The van der Waals surface area contributed by atoms with Crippen LogP contribution in [0.3, 0.4) is 0 Å². The lowest BCUT2D eigenvalue weighted by Crippen LogP contribution is -1.88. The molecule has 0 bridgehead atoms. The number of hydrogen-bond acceptors (Lipinski definition) is 1. The van der Waals surface area contributed by atoms with Gasteiger partial charge in [-0.15, -0.1) is 0 Å². The van der Waals surface area contributed by atoms with Gasteiger partial charge in [-0.05, 0) is 19.1 Å². The van der Waals surface area contributed by atoms with Crippen molar-refractivity contribution in [2.75, 3.05) is 0 Å². The van der Waals surface area contributed by atoms with E-state index in [1.807, 2.05) is 26.1 Å². The van der Waals surface area contributed by atoms with Crippen molar-refractivity contribution in [2.24, 2.45) is 7.05 Å². The number of hydrogen-bond donors (Lipinski definition) is 0. The summed E-state index contributed by atoms with van der Waals surface area (Å²) in [6.45, 7) is 2.04. The molecule has 0 spiro atoms. The highest BCUT2D eigenvalue weighted by Crippen LogP contribution is 2.22. The Morgan fingerprint density at radius 2 is 2.17 bits per heavy atom. The van der Waals surface area contributed by atoms with Crippen LogP contribution in [0, 0.1) is 6.92 Å². The Bertz CT molecular complexity index is 431. The number of aryl methyl sites for hydroxylation is 2. The molecule has 2 aromatic rings. The van der Waals surface area contributed by atoms with E-state index in [0.717, 1.165) is 10.9 Å². The summed E-state index contributed by atoms with van der Waals surface area (Å²) < 4.78 is 1.79. The van der Waals surface area contributed by atoms with Crippen LogP contribution < -0.4 is 0 Å². The molecule has 0 saturated carbocycles. The first-order valence-electron chi connectivity index (χ1n) is 3.77. The molecule has 0 saturated heterocycles. The highest BCUT2D eigenvalue weighted by atomic mass is 35.5. The fourth-order valence-electron chi connectivity index (χ4n) is 1.34. The molecule has 0 aliphatic carbocycles. The summed E-state index contributed by atoms with van der Waals surface area (Å²) in [5.74, 6) is 0. The molecule has 0 fully saturated rings. The summed E-state index contributed by atoms with van der Waals surface area (Å²) in [7, 11) is 1.89. The lowest BCUT2D eigenvalue weighted by molar-refractivity contribution is 0.797. The molecular weight excluding hydrogens is 172 g/mol. The molecule has 0 aliphatic heterocycles. The third kappa shape index (κ3) is 0.994. The molecule has 0 unspecified atom stereocenters. The summed E-state index contributed by atoms with van der Waals surface area (Å²) >= 11 is 5.92. The highest BCUT2D eigenvalue weighted by molar-refractivity contribution is 6.34. The van der Waals surface area contributed by atoms with Crippen LogP contribution in [-0.4, -0.2) is 9.78 Å². The smallest absolute Gasteiger partial charge is 0.158 e. The number of fused-ring (bicyclic) bond motifs is 1. The van der Waals surface area contributed by atoms with Crippen LogP contribution in [0.1, 0.15) is 5.56 Å². The van der Waals surface area contributed by atoms with Gasteiger partial charge in [0, 0.05) is 12.4 Å². The SMILES string of the molecule is Cc1ccc2c(c1)c(Cl)nn2C. The van der Waals surface area contributed by atoms with Gasteiger partial charge in [0.1, 0.15) is 0 Å². The molecule has 2 nitrogen and oxygen atoms in total. The largest absolute Gasteiger partial charge is 0.266 e. The van der Waals surface area contributed by atoms with E-state index in [1.54, 1.807) is 4.68 Å². The number of rotatable bonds is 0. The van der Waals surface area contributed by atoms with Gasteiger partial charge < -0.3 is 0 Å². The fraction of sp³-hybridized carbons (Fsp3) is 0.222. The second-order valence-corrected chi connectivity index (χ2v) is 3.29. The van der Waals surface area contributed by atoms with Gasteiger partial charge in [0.05, 0.1) is 5.52 Å². The van der Waals surface area contributed by atoms with Crippen LogP contribution in [0.2, 0.25) is 5.15 Å². The normalized spacial score (nSPS) is 10.9. The van der Waals surface area contributed by atoms with E-state index in [4.69, 9.17) is 11.6 Å². The average Bonchev–Trinajstić information content (AvgIpc) is 2.28. The second-order valence-electron chi connectivity index (χ2n) is 2.94. The monoisotopic (exact) mass is 180 g/mol. The minimum Gasteiger partial charge on any atom is -0.266 e. The van der Waals surface area contributed by atoms with E-state index in [9.17, 15) is 0 Å². The van der Waals surface area contributed by atoms with E-state index in [0.29, 0.717) is 5.15 Å². The van der Waals surface area contributed by atoms with Crippen LogP contribution in [-0.2, 0) is 7.05 Å². The molecule has 3 heteroatoms. The predicted molar refractivity (Wildman–Crippen MR) is 50.5 cm³/mol. The topological polar surface area (TPSA) is 17.8 Å². The highest BCUT2D eigenvalue weighted by Gasteiger charge is 2.04. The van der Waals surface area contributed by atoms with E-state index >= 15 is 0 Å². The second kappa shape index (κ2) is 2.49. The van der Waals surface area contributed by atoms with Crippen molar-refractivity contribution in [1.82, 2.24) is 9.78 Å². The molecule has 0 atom stereocenters. The first kappa shape index (κ1) is 7.62. The number of nitrogens with zero attached hydrogens (tertiary/aromatic N) is 2. The molecule has 62 valence electrons. The van der Waals surface area contributed by atoms with E-state index in [-0.39, 0.29) is 0 Å². The zero-order valence-electron chi connectivity index (χ0n) is 7.00. The minimum absolute atomic E-state index is 0.580. The standard InChI is InChI=1S/C9H9ClN2/c1-6-3-4-8-7(5-6)9(10)11-12(8)2/h3-5H,1-2H3. The maximum atomic E-state index is 5.92. The molecular formula is C9H9ClN2. The van der Waals surface area contributed by atoms with Gasteiger partial charge >= 0.3 is 0 Å². The fourth-order valence-corrected chi connectivity index (χ4v) is 1.60. The van der Waals surface area contributed by atoms with E-state index < -0.39 is 0 Å². The molecule has 0 aliphatic rings. The zero-order chi connectivity index (χ0) is 8.72. The van der Waals surface area contributed by atoms with Gasteiger partial charge in [-0.3, -0.25) is 4.68 Å². The number of halogens is 1. The van der Waals surface area contributed by atoms with Crippen molar-refractivity contribution in [2.45, 2.75) is 6.92 Å². The third-order valence-electron chi connectivity index (χ3n) is 1.96. The molecule has 1 heterocycles. The molecule has 0 amide bonds. The Morgan fingerprint density at radius 1 is 1.42 bits per heavy atom. The Morgan fingerprint density at radius 3 is 2.92 bits per heavy atom. The quantitative estimate of drug-likeness (QED) is 0.609. The van der Waals surface area contributed by atoms with Gasteiger partial charge in [0.25, 0.3) is 0 Å². The van der Waals surface area contributed by atoms with Crippen molar-refractivity contribution in [1.29, 1.82) is 0 Å². The first-order valence-corrected chi connectivity index (χ1v) is 4.15. The van der Waals surface area contributed by atoms with Crippen LogP contribution in [0.15, 0.2) is 18.2 Å². The molecule has 2 rings (SSSR count). The van der Waals surface area contributed by atoms with Crippen LogP contribution in [0.5, 0.6) is 0 Å². The first-order chi connectivity index (χ1) is 5.68. The van der Waals surface area contributed by atoms with Crippen LogP contribution >= 0.6 is 11.6 Å². The summed E-state index contributed by atoms with van der Waals surface area (Å²) in [6, 6.07) is 6.13. The van der Waals surface area contributed by atoms with Gasteiger partial charge in [-0.2, -0.15) is 5.10 Å². The molecule has 12 heavy (non-hydrogen) atoms. The molecule has 1 aromatic carbocycles. The summed E-state index contributed by atoms with van der Waals surface area (Å²) in [5, 5.41) is 5.72. The van der Waals surface area contributed by atoms with Crippen molar-refractivity contribution in [3.63, 3.8) is 0 Å². The third-order valence-corrected chi connectivity index (χ3v) is 2.24. The van der Waals surface area contributed by atoms with Gasteiger partial charge in [-0.1, -0.05) is 23.2 Å². The molecule has 1 aromatic heterocycles. The van der Waals surface area contributed by atoms with Crippen molar-refractivity contribution in [3.8, 4) is 0 Å². The zero-order valence-corrected chi connectivity index (χ0v) is 7.76. The Balaban J connectivity index is 2.90. The van der Waals surface area contributed by atoms with Crippen molar-refractivity contribution >= 4 is 22.5 Å². The Labute approximate surface area is 75.8 Å². The van der Waals surface area contributed by atoms with Gasteiger partial charge in [-0.25, -0.2) is 0 Å². The molecule has 0 radical (unpaired) electrons. The van der Waals surface area contributed by atoms with Crippen LogP contribution in [0.4, 0.5) is 0 Å². The van der Waals surface area contributed by atoms with Crippen molar-refractivity contribution < 1.29 is 0 Å². The van der Waals surface area contributed by atoms with E-state index in [2.05, 4.69) is 11.2 Å². The van der Waals surface area contributed by atoms with Gasteiger partial charge in [0.15, 0.2) is 5.15 Å². The van der Waals surface area contributed by atoms with E-state index in [1.165, 1.54) is 5.56 Å². The average molecular weight is 181 g/mol. The lowest BCUT2D eigenvalue weighted by Gasteiger charge is -1.93. The maximum Gasteiger partial charge on any atom is 0.158 e. The van der Waals surface area contributed by atoms with Crippen molar-refractivity contribution in [3.05, 3.63) is 28.9 Å². The van der Waals surface area contributed by atoms with Crippen LogP contribution in [0.25, 0.3) is 10.9 Å². The van der Waals surface area contributed by atoms with Gasteiger partial charge in [0.2, 0.25) is 0 Å².